The molecule has 3 N–H and O–H groups in total. The number of rotatable bonds is 9. The van der Waals surface area contributed by atoms with E-state index < -0.39 is 11.6 Å². The summed E-state index contributed by atoms with van der Waals surface area (Å²) in [6.07, 6.45) is 4.60. The van der Waals surface area contributed by atoms with Crippen molar-refractivity contribution in [3.63, 3.8) is 0 Å². The number of nitrogens with zero attached hydrogens (tertiary/aromatic N) is 1. The predicted molar refractivity (Wildman–Crippen MR) is 95.9 cm³/mol. The topological polar surface area (TPSA) is 59.6 Å². The van der Waals surface area contributed by atoms with E-state index in [1.165, 1.54) is 18.9 Å². The van der Waals surface area contributed by atoms with Gasteiger partial charge in [0.25, 0.3) is 0 Å². The SMILES string of the molecule is CCCCCCN=C(N)NCCOc1ccc(F)c(F)c1.I. The molecule has 0 saturated heterocycles. The molecule has 1 aromatic carbocycles. The van der Waals surface area contributed by atoms with Crippen LogP contribution in [0.4, 0.5) is 8.78 Å². The predicted octanol–water partition coefficient (Wildman–Crippen LogP) is 3.45. The summed E-state index contributed by atoms with van der Waals surface area (Å²) >= 11 is 0. The second-order valence-corrected chi connectivity index (χ2v) is 4.68. The molecule has 7 heteroatoms. The van der Waals surface area contributed by atoms with Gasteiger partial charge < -0.3 is 15.8 Å². The highest BCUT2D eigenvalue weighted by Gasteiger charge is 2.02. The molecule has 0 aliphatic heterocycles. The van der Waals surface area contributed by atoms with Gasteiger partial charge in [-0.15, -0.1) is 24.0 Å². The van der Waals surface area contributed by atoms with E-state index in [0.717, 1.165) is 25.0 Å². The number of guanidine groups is 1. The standard InChI is InChI=1S/C15H23F2N3O.HI/c1-2-3-4-5-8-19-15(18)20-9-10-21-12-6-7-13(16)14(17)11-12;/h6-7,11H,2-5,8-10H2,1H3,(H3,18,19,20);1H. The van der Waals surface area contributed by atoms with Gasteiger partial charge in [0.05, 0.1) is 6.54 Å². The quantitative estimate of drug-likeness (QED) is 0.275. The number of unbranched alkanes of at least 4 members (excludes halogenated alkanes) is 3. The van der Waals surface area contributed by atoms with Crippen molar-refractivity contribution in [2.24, 2.45) is 10.7 Å². The zero-order valence-corrected chi connectivity index (χ0v) is 15.1. The van der Waals surface area contributed by atoms with Crippen LogP contribution in [0, 0.1) is 11.6 Å². The molecule has 1 aromatic rings. The number of nitrogens with one attached hydrogen (secondary N) is 1. The fourth-order valence-electron chi connectivity index (χ4n) is 1.71. The molecule has 0 heterocycles. The van der Waals surface area contributed by atoms with Gasteiger partial charge in [-0.25, -0.2) is 8.78 Å². The number of halogens is 3. The van der Waals surface area contributed by atoms with Gasteiger partial charge in [0, 0.05) is 12.6 Å². The van der Waals surface area contributed by atoms with Crippen molar-refractivity contribution < 1.29 is 13.5 Å². The van der Waals surface area contributed by atoms with E-state index >= 15 is 0 Å². The maximum Gasteiger partial charge on any atom is 0.188 e. The molecular formula is C15H24F2IN3O. The number of hydrogen-bond acceptors (Lipinski definition) is 2. The monoisotopic (exact) mass is 427 g/mol. The summed E-state index contributed by atoms with van der Waals surface area (Å²) in [6, 6.07) is 3.42. The smallest absolute Gasteiger partial charge is 0.188 e. The second-order valence-electron chi connectivity index (χ2n) is 4.68. The van der Waals surface area contributed by atoms with Crippen LogP contribution in [0.15, 0.2) is 23.2 Å². The first-order chi connectivity index (χ1) is 10.1. The molecule has 0 saturated carbocycles. The van der Waals surface area contributed by atoms with E-state index in [4.69, 9.17) is 10.5 Å². The highest BCUT2D eigenvalue weighted by molar-refractivity contribution is 14.0. The first-order valence-corrected chi connectivity index (χ1v) is 7.25. The largest absolute Gasteiger partial charge is 0.492 e. The van der Waals surface area contributed by atoms with Gasteiger partial charge in [-0.05, 0) is 18.6 Å². The minimum atomic E-state index is -0.923. The lowest BCUT2D eigenvalue weighted by molar-refractivity contribution is 0.319. The average molecular weight is 427 g/mol. The second kappa shape index (κ2) is 12.4. The van der Waals surface area contributed by atoms with Crippen LogP contribution in [0.3, 0.4) is 0 Å². The van der Waals surface area contributed by atoms with E-state index in [9.17, 15) is 8.78 Å². The Kier molecular flexibility index (Phi) is 11.8. The first-order valence-electron chi connectivity index (χ1n) is 7.25. The van der Waals surface area contributed by atoms with Gasteiger partial charge in [0.1, 0.15) is 12.4 Å². The maximum absolute atomic E-state index is 12.9. The third-order valence-electron chi connectivity index (χ3n) is 2.86. The third kappa shape index (κ3) is 9.01. The Morgan fingerprint density at radius 2 is 2.00 bits per heavy atom. The summed E-state index contributed by atoms with van der Waals surface area (Å²) in [5.41, 5.74) is 5.69. The molecule has 0 aromatic heterocycles. The third-order valence-corrected chi connectivity index (χ3v) is 2.86. The summed E-state index contributed by atoms with van der Waals surface area (Å²) in [6.45, 7) is 3.61. The molecule has 1 rings (SSSR count). The van der Waals surface area contributed by atoms with Crippen molar-refractivity contribution in [2.45, 2.75) is 32.6 Å². The number of nitrogens with two attached hydrogens (primary N) is 1. The van der Waals surface area contributed by atoms with Gasteiger partial charge in [0.15, 0.2) is 17.6 Å². The summed E-state index contributed by atoms with van der Waals surface area (Å²) in [7, 11) is 0. The Morgan fingerprint density at radius 1 is 1.23 bits per heavy atom. The Balaban J connectivity index is 0.00000441. The minimum Gasteiger partial charge on any atom is -0.492 e. The molecule has 0 atom stereocenters. The molecule has 0 aliphatic rings. The van der Waals surface area contributed by atoms with Crippen molar-refractivity contribution in [2.75, 3.05) is 19.7 Å². The molecule has 0 aliphatic carbocycles. The molecule has 22 heavy (non-hydrogen) atoms. The highest BCUT2D eigenvalue weighted by Crippen LogP contribution is 2.14. The number of aliphatic imine (C=N–C) groups is 1. The van der Waals surface area contributed by atoms with E-state index in [0.29, 0.717) is 19.0 Å². The molecule has 0 unspecified atom stereocenters. The molecule has 0 amide bonds. The lowest BCUT2D eigenvalue weighted by Gasteiger charge is -2.08. The molecule has 0 spiro atoms. The van der Waals surface area contributed by atoms with Crippen molar-refractivity contribution in [3.05, 3.63) is 29.8 Å². The first kappa shape index (κ1) is 20.9. The molecule has 0 bridgehead atoms. The van der Waals surface area contributed by atoms with Gasteiger partial charge in [-0.1, -0.05) is 26.2 Å². The van der Waals surface area contributed by atoms with Crippen LogP contribution in [0.5, 0.6) is 5.75 Å². The normalized spacial score (nSPS) is 11.0. The lowest BCUT2D eigenvalue weighted by Crippen LogP contribution is -2.34. The van der Waals surface area contributed by atoms with E-state index in [2.05, 4.69) is 17.2 Å². The van der Waals surface area contributed by atoms with Crippen LogP contribution in [0.2, 0.25) is 0 Å². The zero-order chi connectivity index (χ0) is 15.5. The van der Waals surface area contributed by atoms with E-state index in [-0.39, 0.29) is 36.3 Å². The molecule has 126 valence electrons. The fourth-order valence-corrected chi connectivity index (χ4v) is 1.71. The minimum absolute atomic E-state index is 0. The van der Waals surface area contributed by atoms with Crippen LogP contribution < -0.4 is 15.8 Å². The summed E-state index contributed by atoms with van der Waals surface area (Å²) in [5, 5.41) is 2.90. The van der Waals surface area contributed by atoms with Gasteiger partial charge >= 0.3 is 0 Å². The Labute approximate surface area is 147 Å². The van der Waals surface area contributed by atoms with E-state index in [1.807, 2.05) is 0 Å². The van der Waals surface area contributed by atoms with Crippen molar-refractivity contribution >= 4 is 29.9 Å². The van der Waals surface area contributed by atoms with E-state index in [1.54, 1.807) is 0 Å². The molecular weight excluding hydrogens is 403 g/mol. The molecule has 4 nitrogen and oxygen atoms in total. The van der Waals surface area contributed by atoms with Crippen molar-refractivity contribution in [3.8, 4) is 5.75 Å². The Morgan fingerprint density at radius 3 is 2.68 bits per heavy atom. The van der Waals surface area contributed by atoms with Gasteiger partial charge in [-0.2, -0.15) is 0 Å². The average Bonchev–Trinajstić information content (AvgIpc) is 2.47. The Hall–Kier alpha value is -1.12. The van der Waals surface area contributed by atoms with Crippen LogP contribution in [0.1, 0.15) is 32.6 Å². The van der Waals surface area contributed by atoms with Crippen molar-refractivity contribution in [1.29, 1.82) is 0 Å². The van der Waals surface area contributed by atoms with Crippen molar-refractivity contribution in [1.82, 2.24) is 5.32 Å². The zero-order valence-electron chi connectivity index (χ0n) is 12.8. The fraction of sp³-hybridized carbons (Fsp3) is 0.533. The maximum atomic E-state index is 12.9. The Bertz CT molecular complexity index is 458. The van der Waals surface area contributed by atoms with Gasteiger partial charge in [0.2, 0.25) is 0 Å². The molecule has 0 fully saturated rings. The highest BCUT2D eigenvalue weighted by atomic mass is 127. The van der Waals surface area contributed by atoms with Gasteiger partial charge in [-0.3, -0.25) is 4.99 Å². The van der Waals surface area contributed by atoms with Crippen LogP contribution >= 0.6 is 24.0 Å². The van der Waals surface area contributed by atoms with Crippen LogP contribution in [0.25, 0.3) is 0 Å². The number of hydrogen-bond donors (Lipinski definition) is 2. The molecule has 0 radical (unpaired) electrons. The summed E-state index contributed by atoms with van der Waals surface area (Å²) < 4.78 is 30.9. The summed E-state index contributed by atoms with van der Waals surface area (Å²) in [5.74, 6) is -1.15. The number of benzene rings is 1. The summed E-state index contributed by atoms with van der Waals surface area (Å²) in [4.78, 5) is 4.18. The lowest BCUT2D eigenvalue weighted by atomic mass is 10.2. The number of ether oxygens (including phenoxy) is 1. The van der Waals surface area contributed by atoms with Crippen LogP contribution in [-0.2, 0) is 0 Å². The van der Waals surface area contributed by atoms with Crippen LogP contribution in [-0.4, -0.2) is 25.7 Å².